The fourth-order valence-electron chi connectivity index (χ4n) is 2.36. The number of halogens is 3. The minimum atomic E-state index is -4.34. The molecule has 2 aromatic carbocycles. The van der Waals surface area contributed by atoms with Crippen molar-refractivity contribution in [3.63, 3.8) is 0 Å². The molecule has 0 aliphatic carbocycles. The van der Waals surface area contributed by atoms with Crippen LogP contribution in [0.25, 0.3) is 0 Å². The number of anilines is 2. The first kappa shape index (κ1) is 19.6. The van der Waals surface area contributed by atoms with Crippen molar-refractivity contribution < 1.29 is 22.7 Å². The first-order valence-corrected chi connectivity index (χ1v) is 8.21. The fourth-order valence-corrected chi connectivity index (χ4v) is 2.36. The van der Waals surface area contributed by atoms with Gasteiger partial charge in [0.25, 0.3) is 0 Å². The monoisotopic (exact) mass is 366 g/mol. The molecule has 0 saturated carbocycles. The summed E-state index contributed by atoms with van der Waals surface area (Å²) in [5.74, 6) is 0.420. The van der Waals surface area contributed by atoms with Crippen LogP contribution in [0.1, 0.15) is 30.9 Å². The van der Waals surface area contributed by atoms with Crippen LogP contribution in [0.5, 0.6) is 5.75 Å². The number of carbonyl (C=O) groups excluding carboxylic acids is 1. The number of alkyl halides is 3. The van der Waals surface area contributed by atoms with Gasteiger partial charge in [0.2, 0.25) is 5.91 Å². The molecule has 1 amide bonds. The normalized spacial score (nSPS) is 11.1. The van der Waals surface area contributed by atoms with Crippen molar-refractivity contribution in [1.29, 1.82) is 0 Å². The molecule has 0 atom stereocenters. The molecule has 0 spiro atoms. The third-order valence-corrected chi connectivity index (χ3v) is 3.73. The summed E-state index contributed by atoms with van der Waals surface area (Å²) in [4.78, 5) is 11.7. The highest BCUT2D eigenvalue weighted by molar-refractivity contribution is 5.92. The van der Waals surface area contributed by atoms with Gasteiger partial charge in [0, 0.05) is 24.7 Å². The molecule has 2 aromatic rings. The van der Waals surface area contributed by atoms with Gasteiger partial charge in [0.1, 0.15) is 5.75 Å². The molecule has 7 heteroatoms. The van der Waals surface area contributed by atoms with E-state index < -0.39 is 11.7 Å². The van der Waals surface area contributed by atoms with E-state index in [0.717, 1.165) is 29.8 Å². The second-order valence-corrected chi connectivity index (χ2v) is 5.76. The largest absolute Gasteiger partial charge is 0.494 e. The van der Waals surface area contributed by atoms with Gasteiger partial charge in [-0.15, -0.1) is 0 Å². The first-order valence-electron chi connectivity index (χ1n) is 8.21. The first-order chi connectivity index (χ1) is 12.3. The third-order valence-electron chi connectivity index (χ3n) is 3.73. The smallest absolute Gasteiger partial charge is 0.416 e. The molecule has 0 heterocycles. The summed E-state index contributed by atoms with van der Waals surface area (Å²) >= 11 is 0. The molecule has 2 N–H and O–H groups in total. The fraction of sp³-hybridized carbons (Fsp3) is 0.316. The van der Waals surface area contributed by atoms with Crippen LogP contribution in [-0.4, -0.2) is 13.0 Å². The van der Waals surface area contributed by atoms with E-state index in [4.69, 9.17) is 4.74 Å². The average Bonchev–Trinajstić information content (AvgIpc) is 2.60. The average molecular weight is 366 g/mol. The Morgan fingerprint density at radius 2 is 1.81 bits per heavy atom. The van der Waals surface area contributed by atoms with E-state index in [1.807, 2.05) is 6.92 Å². The molecule has 0 aliphatic rings. The van der Waals surface area contributed by atoms with Crippen LogP contribution in [0.15, 0.2) is 42.5 Å². The number of hydrogen-bond acceptors (Lipinski definition) is 3. The Hall–Kier alpha value is -2.70. The maximum Gasteiger partial charge on any atom is 0.416 e. The summed E-state index contributed by atoms with van der Waals surface area (Å²) < 4.78 is 43.0. The zero-order valence-electron chi connectivity index (χ0n) is 14.6. The molecule has 0 aromatic heterocycles. The van der Waals surface area contributed by atoms with E-state index >= 15 is 0 Å². The Balaban J connectivity index is 2.02. The van der Waals surface area contributed by atoms with Crippen LogP contribution in [0.3, 0.4) is 0 Å². The lowest BCUT2D eigenvalue weighted by molar-refractivity contribution is -0.137. The van der Waals surface area contributed by atoms with Gasteiger partial charge < -0.3 is 15.4 Å². The van der Waals surface area contributed by atoms with Gasteiger partial charge in [0.15, 0.2) is 0 Å². The quantitative estimate of drug-likeness (QED) is 0.720. The minimum absolute atomic E-state index is 0.0868. The van der Waals surface area contributed by atoms with Crippen molar-refractivity contribution >= 4 is 17.3 Å². The standard InChI is InChI=1S/C19H21F3N2O2/c1-3-4-18(25)24-16-10-9-15(11-17(16)26-2)23-12-13-5-7-14(8-6-13)19(20,21)22/h5-11,23H,3-4,12H2,1-2H3,(H,24,25). The molecular weight excluding hydrogens is 345 g/mol. The number of hydrogen-bond donors (Lipinski definition) is 2. The zero-order valence-corrected chi connectivity index (χ0v) is 14.6. The Kier molecular flexibility index (Phi) is 6.49. The number of amides is 1. The number of benzene rings is 2. The van der Waals surface area contributed by atoms with E-state index in [9.17, 15) is 18.0 Å². The van der Waals surface area contributed by atoms with Gasteiger partial charge in [0.05, 0.1) is 18.4 Å². The van der Waals surface area contributed by atoms with E-state index in [2.05, 4.69) is 10.6 Å². The lowest BCUT2D eigenvalue weighted by Gasteiger charge is -2.13. The maximum atomic E-state index is 12.6. The van der Waals surface area contributed by atoms with Crippen molar-refractivity contribution in [1.82, 2.24) is 0 Å². The van der Waals surface area contributed by atoms with Crippen molar-refractivity contribution in [2.24, 2.45) is 0 Å². The summed E-state index contributed by atoms with van der Waals surface area (Å²) in [6, 6.07) is 10.2. The minimum Gasteiger partial charge on any atom is -0.494 e. The Morgan fingerprint density at radius 3 is 2.38 bits per heavy atom. The lowest BCUT2D eigenvalue weighted by Crippen LogP contribution is -2.11. The van der Waals surface area contributed by atoms with E-state index in [1.165, 1.54) is 19.2 Å². The van der Waals surface area contributed by atoms with Crippen LogP contribution < -0.4 is 15.4 Å². The lowest BCUT2D eigenvalue weighted by atomic mass is 10.1. The van der Waals surface area contributed by atoms with Crippen LogP contribution in [0, 0.1) is 0 Å². The summed E-state index contributed by atoms with van der Waals surface area (Å²) in [6.45, 7) is 2.29. The van der Waals surface area contributed by atoms with Crippen LogP contribution in [-0.2, 0) is 17.5 Å². The summed E-state index contributed by atoms with van der Waals surface area (Å²) in [6.07, 6.45) is -3.16. The van der Waals surface area contributed by atoms with Crippen LogP contribution in [0.4, 0.5) is 24.5 Å². The summed E-state index contributed by atoms with van der Waals surface area (Å²) in [7, 11) is 1.50. The second kappa shape index (κ2) is 8.60. The molecule has 0 radical (unpaired) electrons. The SMILES string of the molecule is CCCC(=O)Nc1ccc(NCc2ccc(C(F)(F)F)cc2)cc1OC. The van der Waals surface area contributed by atoms with Gasteiger partial charge in [-0.3, -0.25) is 4.79 Å². The number of ether oxygens (including phenoxy) is 1. The highest BCUT2D eigenvalue weighted by atomic mass is 19.4. The predicted octanol–water partition coefficient (Wildman–Crippen LogP) is 5.06. The summed E-state index contributed by atoms with van der Waals surface area (Å²) in [5, 5.41) is 5.91. The molecule has 0 aliphatic heterocycles. The van der Waals surface area contributed by atoms with Gasteiger partial charge in [-0.05, 0) is 36.2 Å². The highest BCUT2D eigenvalue weighted by Gasteiger charge is 2.29. The van der Waals surface area contributed by atoms with Crippen molar-refractivity contribution in [2.45, 2.75) is 32.5 Å². The van der Waals surface area contributed by atoms with E-state index in [0.29, 0.717) is 24.4 Å². The molecule has 2 rings (SSSR count). The maximum absolute atomic E-state index is 12.6. The molecule has 4 nitrogen and oxygen atoms in total. The molecule has 0 unspecified atom stereocenters. The van der Waals surface area contributed by atoms with Gasteiger partial charge in [-0.2, -0.15) is 13.2 Å². The molecule has 0 bridgehead atoms. The van der Waals surface area contributed by atoms with E-state index in [-0.39, 0.29) is 5.91 Å². The Labute approximate surface area is 150 Å². The van der Waals surface area contributed by atoms with Crippen molar-refractivity contribution in [2.75, 3.05) is 17.7 Å². The summed E-state index contributed by atoms with van der Waals surface area (Å²) in [5.41, 5.74) is 1.36. The van der Waals surface area contributed by atoms with Crippen molar-refractivity contribution in [3.05, 3.63) is 53.6 Å². The highest BCUT2D eigenvalue weighted by Crippen LogP contribution is 2.30. The zero-order chi connectivity index (χ0) is 19.2. The second-order valence-electron chi connectivity index (χ2n) is 5.76. The van der Waals surface area contributed by atoms with Crippen molar-refractivity contribution in [3.8, 4) is 5.75 Å². The number of nitrogens with one attached hydrogen (secondary N) is 2. The topological polar surface area (TPSA) is 50.4 Å². The van der Waals surface area contributed by atoms with Crippen LogP contribution in [0.2, 0.25) is 0 Å². The number of rotatable bonds is 7. The molecular formula is C19H21F3N2O2. The Morgan fingerprint density at radius 1 is 1.12 bits per heavy atom. The predicted molar refractivity (Wildman–Crippen MR) is 95.3 cm³/mol. The van der Waals surface area contributed by atoms with Gasteiger partial charge >= 0.3 is 6.18 Å². The molecule has 140 valence electrons. The molecule has 26 heavy (non-hydrogen) atoms. The van der Waals surface area contributed by atoms with Crippen LogP contribution >= 0.6 is 0 Å². The van der Waals surface area contributed by atoms with Gasteiger partial charge in [-0.1, -0.05) is 19.1 Å². The third kappa shape index (κ3) is 5.40. The van der Waals surface area contributed by atoms with E-state index in [1.54, 1.807) is 18.2 Å². The number of methoxy groups -OCH3 is 1. The molecule has 0 saturated heterocycles. The van der Waals surface area contributed by atoms with Gasteiger partial charge in [-0.25, -0.2) is 0 Å². The Bertz CT molecular complexity index is 743. The molecule has 0 fully saturated rings. The number of carbonyl (C=O) groups is 1.